The Kier molecular flexibility index (Phi) is 7.27. The van der Waals surface area contributed by atoms with E-state index in [1.807, 2.05) is 35.4 Å². The number of nitro groups is 1. The van der Waals surface area contributed by atoms with E-state index in [4.69, 9.17) is 0 Å². The van der Waals surface area contributed by atoms with Gasteiger partial charge in [-0.2, -0.15) is 0 Å². The third-order valence-corrected chi connectivity index (χ3v) is 8.43. The molecule has 0 spiro atoms. The number of nitrogens with zero attached hydrogens (tertiary/aromatic N) is 3. The molecular formula is C23H25FN4O4S2. The molecule has 0 radical (unpaired) electrons. The van der Waals surface area contributed by atoms with Gasteiger partial charge >= 0.3 is 0 Å². The van der Waals surface area contributed by atoms with E-state index in [2.05, 4.69) is 9.62 Å². The summed E-state index contributed by atoms with van der Waals surface area (Å²) in [6.45, 7) is 4.33. The van der Waals surface area contributed by atoms with Crippen LogP contribution in [-0.2, 0) is 10.0 Å². The fraction of sp³-hybridized carbons (Fsp3) is 0.304. The van der Waals surface area contributed by atoms with Gasteiger partial charge in [0.1, 0.15) is 5.82 Å². The Morgan fingerprint density at radius 3 is 2.29 bits per heavy atom. The maximum atomic E-state index is 14.2. The standard InChI is InChI=1S/C23H25FN4O4S2/c1-17(25-34(31,32)19-10-8-18(9-11-19)28(29)30)23(22-7-4-16-33-22)27-14-12-26(13-15-27)21-6-3-2-5-20(21)24/h2-11,16-17,23,25H,12-15H2,1H3/t17-,23+/m0/s1. The van der Waals surface area contributed by atoms with Gasteiger partial charge in [0.2, 0.25) is 10.0 Å². The number of nitro benzene ring substituents is 1. The predicted molar refractivity (Wildman–Crippen MR) is 130 cm³/mol. The summed E-state index contributed by atoms with van der Waals surface area (Å²) in [6, 6.07) is 14.8. The second-order valence-corrected chi connectivity index (χ2v) is 10.8. The van der Waals surface area contributed by atoms with Gasteiger partial charge < -0.3 is 4.90 Å². The fourth-order valence-corrected chi connectivity index (χ4v) is 6.49. The molecule has 34 heavy (non-hydrogen) atoms. The molecule has 8 nitrogen and oxygen atoms in total. The molecule has 0 amide bonds. The Balaban J connectivity index is 1.50. The summed E-state index contributed by atoms with van der Waals surface area (Å²) < 4.78 is 43.0. The lowest BCUT2D eigenvalue weighted by Crippen LogP contribution is -2.52. The second kappa shape index (κ2) is 10.2. The van der Waals surface area contributed by atoms with Crippen molar-refractivity contribution in [3.05, 3.63) is 86.9 Å². The molecule has 1 saturated heterocycles. The van der Waals surface area contributed by atoms with Crippen LogP contribution in [-0.4, -0.2) is 50.5 Å². The highest BCUT2D eigenvalue weighted by Gasteiger charge is 2.33. The van der Waals surface area contributed by atoms with Gasteiger partial charge in [-0.05, 0) is 42.6 Å². The van der Waals surface area contributed by atoms with E-state index in [1.165, 1.54) is 30.3 Å². The fourth-order valence-electron chi connectivity index (χ4n) is 4.28. The quantitative estimate of drug-likeness (QED) is 0.368. The van der Waals surface area contributed by atoms with Crippen LogP contribution in [0.5, 0.6) is 0 Å². The van der Waals surface area contributed by atoms with Crippen LogP contribution in [0.3, 0.4) is 0 Å². The molecule has 0 bridgehead atoms. The van der Waals surface area contributed by atoms with E-state index < -0.39 is 21.0 Å². The molecule has 2 atom stereocenters. The molecule has 1 aromatic heterocycles. The zero-order valence-corrected chi connectivity index (χ0v) is 20.1. The van der Waals surface area contributed by atoms with Crippen molar-refractivity contribution >= 4 is 32.7 Å². The van der Waals surface area contributed by atoms with Gasteiger partial charge in [-0.1, -0.05) is 18.2 Å². The van der Waals surface area contributed by atoms with Crippen LogP contribution in [0.15, 0.2) is 70.9 Å². The maximum Gasteiger partial charge on any atom is 0.269 e. The first-order chi connectivity index (χ1) is 16.3. The Morgan fingerprint density at radius 1 is 1.03 bits per heavy atom. The molecule has 2 heterocycles. The van der Waals surface area contributed by atoms with Crippen molar-refractivity contribution in [2.75, 3.05) is 31.1 Å². The lowest BCUT2D eigenvalue weighted by atomic mass is 10.1. The van der Waals surface area contributed by atoms with Gasteiger partial charge in [-0.3, -0.25) is 15.0 Å². The monoisotopic (exact) mass is 504 g/mol. The van der Waals surface area contributed by atoms with E-state index in [1.54, 1.807) is 23.5 Å². The highest BCUT2D eigenvalue weighted by atomic mass is 32.2. The molecule has 2 aromatic carbocycles. The number of hydrogen-bond acceptors (Lipinski definition) is 7. The number of sulfonamides is 1. The number of hydrogen-bond donors (Lipinski definition) is 1. The van der Waals surface area contributed by atoms with Crippen molar-refractivity contribution in [1.29, 1.82) is 0 Å². The van der Waals surface area contributed by atoms with Crippen LogP contribution in [0, 0.1) is 15.9 Å². The summed E-state index contributed by atoms with van der Waals surface area (Å²) in [5.74, 6) is -0.255. The predicted octanol–water partition coefficient (Wildman–Crippen LogP) is 4.03. The highest BCUT2D eigenvalue weighted by Crippen LogP contribution is 2.31. The number of benzene rings is 2. The molecule has 1 N–H and O–H groups in total. The largest absolute Gasteiger partial charge is 0.367 e. The molecule has 1 aliphatic heterocycles. The number of non-ortho nitro benzene ring substituents is 1. The van der Waals surface area contributed by atoms with Crippen LogP contribution >= 0.6 is 11.3 Å². The van der Waals surface area contributed by atoms with Crippen molar-refractivity contribution < 1.29 is 17.7 Å². The number of nitrogens with one attached hydrogen (secondary N) is 1. The third kappa shape index (κ3) is 5.27. The lowest BCUT2D eigenvalue weighted by molar-refractivity contribution is -0.384. The van der Waals surface area contributed by atoms with Gasteiger partial charge in [0.15, 0.2) is 0 Å². The highest BCUT2D eigenvalue weighted by molar-refractivity contribution is 7.89. The van der Waals surface area contributed by atoms with Crippen LogP contribution < -0.4 is 9.62 Å². The summed E-state index contributed by atoms with van der Waals surface area (Å²) in [4.78, 5) is 15.5. The summed E-state index contributed by atoms with van der Waals surface area (Å²) in [5, 5.41) is 12.8. The zero-order valence-electron chi connectivity index (χ0n) is 18.5. The van der Waals surface area contributed by atoms with Crippen LogP contribution in [0.4, 0.5) is 15.8 Å². The van der Waals surface area contributed by atoms with E-state index >= 15 is 0 Å². The summed E-state index contributed by atoms with van der Waals surface area (Å²) in [6.07, 6.45) is 0. The summed E-state index contributed by atoms with van der Waals surface area (Å²) in [7, 11) is -3.89. The topological polar surface area (TPSA) is 95.8 Å². The molecule has 1 fully saturated rings. The minimum Gasteiger partial charge on any atom is -0.367 e. The molecule has 180 valence electrons. The number of halogens is 1. The summed E-state index contributed by atoms with van der Waals surface area (Å²) >= 11 is 1.55. The molecule has 0 unspecified atom stereocenters. The Hall–Kier alpha value is -2.86. The SMILES string of the molecule is C[C@H](NS(=O)(=O)c1ccc([N+](=O)[O-])cc1)[C@H](c1cccs1)N1CCN(c2ccccc2F)CC1. The number of piperazine rings is 1. The first kappa shape index (κ1) is 24.3. The first-order valence-corrected chi connectivity index (χ1v) is 13.2. The van der Waals surface area contributed by atoms with Crippen molar-refractivity contribution in [2.45, 2.75) is 23.9 Å². The molecule has 0 saturated carbocycles. The minimum absolute atomic E-state index is 0.0285. The molecule has 11 heteroatoms. The average molecular weight is 505 g/mol. The van der Waals surface area contributed by atoms with Crippen molar-refractivity contribution in [2.24, 2.45) is 0 Å². The normalized spacial score (nSPS) is 16.8. The van der Waals surface area contributed by atoms with E-state index in [0.29, 0.717) is 31.9 Å². The summed E-state index contributed by atoms with van der Waals surface area (Å²) in [5.41, 5.74) is 0.401. The van der Waals surface area contributed by atoms with Gasteiger partial charge in [-0.25, -0.2) is 17.5 Å². The van der Waals surface area contributed by atoms with E-state index in [-0.39, 0.29) is 22.4 Å². The van der Waals surface area contributed by atoms with Crippen molar-refractivity contribution in [1.82, 2.24) is 9.62 Å². The Bertz CT molecular complexity index is 1230. The maximum absolute atomic E-state index is 14.2. The number of para-hydroxylation sites is 1. The van der Waals surface area contributed by atoms with Gasteiger partial charge in [0.05, 0.1) is 21.5 Å². The Labute approximate surface area is 201 Å². The Morgan fingerprint density at radius 2 is 1.71 bits per heavy atom. The van der Waals surface area contributed by atoms with Gasteiger partial charge in [-0.15, -0.1) is 11.3 Å². The van der Waals surface area contributed by atoms with E-state index in [0.717, 1.165) is 4.88 Å². The number of anilines is 1. The zero-order chi connectivity index (χ0) is 24.3. The molecule has 3 aromatic rings. The minimum atomic E-state index is -3.89. The molecular weight excluding hydrogens is 479 g/mol. The van der Waals surface area contributed by atoms with Crippen molar-refractivity contribution in [3.63, 3.8) is 0 Å². The van der Waals surface area contributed by atoms with Crippen molar-refractivity contribution in [3.8, 4) is 0 Å². The smallest absolute Gasteiger partial charge is 0.269 e. The average Bonchev–Trinajstić information content (AvgIpc) is 3.34. The molecule has 1 aliphatic rings. The number of thiophene rings is 1. The van der Waals surface area contributed by atoms with Crippen LogP contribution in [0.1, 0.15) is 17.8 Å². The van der Waals surface area contributed by atoms with Crippen LogP contribution in [0.2, 0.25) is 0 Å². The lowest BCUT2D eigenvalue weighted by Gasteiger charge is -2.42. The van der Waals surface area contributed by atoms with E-state index in [9.17, 15) is 22.9 Å². The molecule has 0 aliphatic carbocycles. The van der Waals surface area contributed by atoms with Gasteiger partial charge in [0.25, 0.3) is 5.69 Å². The third-order valence-electron chi connectivity index (χ3n) is 5.91. The number of rotatable bonds is 8. The van der Waals surface area contributed by atoms with Crippen LogP contribution in [0.25, 0.3) is 0 Å². The molecule has 4 rings (SSSR count). The first-order valence-electron chi connectivity index (χ1n) is 10.8. The second-order valence-electron chi connectivity index (χ2n) is 8.10. The van der Waals surface area contributed by atoms with Gasteiger partial charge in [0, 0.05) is 49.2 Å².